The topological polar surface area (TPSA) is 252 Å². The first-order valence-corrected chi connectivity index (χ1v) is 28.5. The van der Waals surface area contributed by atoms with Crippen LogP contribution in [0.5, 0.6) is 5.75 Å². The van der Waals surface area contributed by atoms with Crippen LogP contribution in [0, 0.1) is 5.92 Å². The lowest BCUT2D eigenvalue weighted by Gasteiger charge is -2.34. The minimum absolute atomic E-state index is 0.00390. The lowest BCUT2D eigenvalue weighted by Crippen LogP contribution is -2.53. The zero-order valence-corrected chi connectivity index (χ0v) is 53.3. The number of nitrogens with zero attached hydrogens (tertiary/aromatic N) is 6. The van der Waals surface area contributed by atoms with E-state index < -0.39 is 75.8 Å². The van der Waals surface area contributed by atoms with E-state index in [0.717, 1.165) is 11.3 Å². The van der Waals surface area contributed by atoms with Crippen molar-refractivity contribution < 1.29 is 71.5 Å². The minimum atomic E-state index is -1.04. The van der Waals surface area contributed by atoms with Gasteiger partial charge in [0.15, 0.2) is 0 Å². The number of rotatable bonds is 18. The molecule has 0 saturated carbocycles. The van der Waals surface area contributed by atoms with Crippen LogP contribution in [0.2, 0.25) is 0 Å². The lowest BCUT2D eigenvalue weighted by atomic mass is 10.0. The second-order valence-electron chi connectivity index (χ2n) is 27.2. The molecule has 0 spiro atoms. The van der Waals surface area contributed by atoms with Crippen molar-refractivity contribution in [3.8, 4) is 5.75 Å². The number of alkyl carbamates (subject to hydrolysis) is 1. The highest BCUT2D eigenvalue weighted by atomic mass is 16.6. The van der Waals surface area contributed by atoms with Gasteiger partial charge < -0.3 is 37.9 Å². The van der Waals surface area contributed by atoms with Gasteiger partial charge in [-0.05, 0) is 195 Å². The Hall–Kier alpha value is -6.48. The zero-order chi connectivity index (χ0) is 62.7. The fourth-order valence-corrected chi connectivity index (χ4v) is 7.48. The van der Waals surface area contributed by atoms with E-state index in [1.807, 2.05) is 0 Å². The van der Waals surface area contributed by atoms with Gasteiger partial charge in [0, 0.05) is 44.1 Å². The van der Waals surface area contributed by atoms with Gasteiger partial charge in [-0.1, -0.05) is 25.7 Å². The van der Waals surface area contributed by atoms with E-state index >= 15 is 0 Å². The van der Waals surface area contributed by atoms with Gasteiger partial charge >= 0.3 is 42.5 Å². The van der Waals surface area contributed by atoms with Crippen LogP contribution in [-0.4, -0.2) is 147 Å². The molecule has 1 aromatic carbocycles. The Morgan fingerprint density at radius 2 is 0.976 bits per heavy atom. The molecule has 1 N–H and O–H groups in total. The van der Waals surface area contributed by atoms with E-state index in [0.29, 0.717) is 68.6 Å². The van der Waals surface area contributed by atoms with Crippen LogP contribution in [0.3, 0.4) is 0 Å². The highest BCUT2D eigenvalue weighted by Crippen LogP contribution is 2.25. The number of aliphatic imine (C=N–C) groups is 3. The Kier molecular flexibility index (Phi) is 26.8. The number of guanidine groups is 1. The second-order valence-corrected chi connectivity index (χ2v) is 27.2. The Morgan fingerprint density at radius 3 is 1.45 bits per heavy atom. The van der Waals surface area contributed by atoms with Crippen molar-refractivity contribution in [2.45, 2.75) is 249 Å². The van der Waals surface area contributed by atoms with Gasteiger partial charge in [-0.3, -0.25) is 20.0 Å². The maximum atomic E-state index is 14.3. The molecular weight excluding hydrogens is 1060 g/mol. The number of esters is 1. The Labute approximate surface area is 488 Å². The zero-order valence-electron chi connectivity index (χ0n) is 53.3. The highest BCUT2D eigenvalue weighted by Gasteiger charge is 2.37. The van der Waals surface area contributed by atoms with Gasteiger partial charge in [0.25, 0.3) is 0 Å². The molecule has 6 amide bonds. The van der Waals surface area contributed by atoms with Crippen molar-refractivity contribution in [3.63, 3.8) is 0 Å². The summed E-state index contributed by atoms with van der Waals surface area (Å²) in [4.78, 5) is 110. The molecule has 0 aromatic heterocycles. The Balaban J connectivity index is 2.35. The van der Waals surface area contributed by atoms with Gasteiger partial charge in [0.1, 0.15) is 56.6 Å². The fraction of sp³-hybridized carbons (Fsp3) is 0.733. The number of amides is 6. The largest absolute Gasteiger partial charge is 0.494 e. The molecule has 82 heavy (non-hydrogen) atoms. The molecule has 0 aliphatic carbocycles. The quantitative estimate of drug-likeness (QED) is 0.0471. The second kappa shape index (κ2) is 30.7. The Morgan fingerprint density at radius 1 is 0.537 bits per heavy atom. The molecule has 1 heterocycles. The van der Waals surface area contributed by atoms with Crippen LogP contribution >= 0.6 is 0 Å². The molecule has 1 aliphatic heterocycles. The number of amidine groups is 2. The first-order valence-electron chi connectivity index (χ1n) is 28.5. The van der Waals surface area contributed by atoms with Crippen molar-refractivity contribution in [3.05, 3.63) is 29.8 Å². The number of carbonyl (C=O) groups is 7. The van der Waals surface area contributed by atoms with Crippen LogP contribution in [0.1, 0.15) is 215 Å². The van der Waals surface area contributed by atoms with E-state index in [4.69, 9.17) is 42.9 Å². The van der Waals surface area contributed by atoms with Crippen molar-refractivity contribution in [1.82, 2.24) is 20.0 Å². The maximum Gasteiger partial charge on any atom is 0.437 e. The summed E-state index contributed by atoms with van der Waals surface area (Å²) in [6, 6.07) is 7.07. The van der Waals surface area contributed by atoms with E-state index in [1.165, 1.54) is 9.80 Å². The molecule has 22 heteroatoms. The van der Waals surface area contributed by atoms with E-state index in [-0.39, 0.29) is 62.8 Å². The number of benzene rings is 1. The third kappa shape index (κ3) is 31.7. The van der Waals surface area contributed by atoms with Gasteiger partial charge in [0.2, 0.25) is 5.96 Å². The van der Waals surface area contributed by atoms with Crippen molar-refractivity contribution in [2.75, 3.05) is 32.8 Å². The van der Waals surface area contributed by atoms with Gasteiger partial charge in [0.05, 0.1) is 13.0 Å². The predicted octanol–water partition coefficient (Wildman–Crippen LogP) is 13.5. The summed E-state index contributed by atoms with van der Waals surface area (Å²) in [7, 11) is 0. The lowest BCUT2D eigenvalue weighted by molar-refractivity contribution is -0.156. The van der Waals surface area contributed by atoms with Crippen molar-refractivity contribution in [2.24, 2.45) is 20.9 Å². The van der Waals surface area contributed by atoms with E-state index in [1.54, 1.807) is 170 Å². The highest BCUT2D eigenvalue weighted by molar-refractivity contribution is 6.07. The average Bonchev–Trinajstić information content (AvgIpc) is 3.29. The monoisotopic (exact) mass is 1160 g/mol. The third-order valence-corrected chi connectivity index (χ3v) is 10.4. The molecule has 1 unspecified atom stereocenters. The summed E-state index contributed by atoms with van der Waals surface area (Å²) in [5.74, 6) is 0.0524. The number of nitrogens with one attached hydrogen (secondary N) is 1. The third-order valence-electron chi connectivity index (χ3n) is 10.4. The molecule has 0 saturated heterocycles. The van der Waals surface area contributed by atoms with E-state index in [2.05, 4.69) is 15.3 Å². The van der Waals surface area contributed by atoms with Gasteiger partial charge in [-0.25, -0.2) is 38.6 Å². The molecule has 1 atom stereocenters. The van der Waals surface area contributed by atoms with Crippen LogP contribution in [0.15, 0.2) is 39.2 Å². The number of ether oxygens (including phenoxy) is 8. The molecule has 0 radical (unpaired) electrons. The number of hydrogen-bond acceptors (Lipinski definition) is 16. The molecule has 1 aromatic rings. The predicted molar refractivity (Wildman–Crippen MR) is 314 cm³/mol. The Bertz CT molecular complexity index is 2390. The van der Waals surface area contributed by atoms with E-state index in [9.17, 15) is 33.6 Å². The SMILES string of the molecule is CC(C)(C)OC(=O)CC1CN=C(c2ccc(OCCCCN(C(=O)OC(C)(C)C)C(=NC(=O)OC(C)(C)C)N(CCCCCCCCC(=NC(=O)OC(C)(C)C)NC(=O)OC(C)(C)C)C(=O)OC(C)(C)C)cc2)N(C(=O)OC(C)(C)C)C1. The van der Waals surface area contributed by atoms with Crippen molar-refractivity contribution >= 4 is 60.2 Å². The van der Waals surface area contributed by atoms with Crippen molar-refractivity contribution in [1.29, 1.82) is 0 Å². The maximum absolute atomic E-state index is 14.3. The summed E-state index contributed by atoms with van der Waals surface area (Å²) in [5.41, 5.74) is -5.29. The standard InChI is InChI=1S/C60H99N7O15/c1-54(2,3)76-45(68)38-41-39-61-46(67(40-41)53(74)82-60(19,20)21)42-31-33-43(34-32-42)75-37-29-28-36-66(52(73)81-59(16,17)18)47(64-50(71)79-57(10,11)12)65(51(72)80-58(13,14)15)35-27-25-23-22-24-26-30-44(62-48(69)77-55(4,5)6)63-49(70)78-56(7,8)9/h31-34,41H,22-30,35-40H2,1-21H3,(H,62,63,69,70). The average molecular weight is 1160 g/mol. The van der Waals surface area contributed by atoms with Gasteiger partial charge in [-0.2, -0.15) is 4.99 Å². The van der Waals surface area contributed by atoms with Crippen LogP contribution in [0.4, 0.5) is 28.8 Å². The first-order chi connectivity index (χ1) is 37.4. The number of carbonyl (C=O) groups excluding carboxylic acids is 7. The number of hydrogen-bond donors (Lipinski definition) is 1. The molecule has 464 valence electrons. The molecule has 0 bridgehead atoms. The van der Waals surface area contributed by atoms with Crippen LogP contribution < -0.4 is 10.1 Å². The fourth-order valence-electron chi connectivity index (χ4n) is 7.48. The molecule has 2 rings (SSSR count). The van der Waals surface area contributed by atoms with Gasteiger partial charge in [-0.15, -0.1) is 4.99 Å². The first kappa shape index (κ1) is 71.6. The summed E-state index contributed by atoms with van der Waals surface area (Å²) in [6.45, 7) is 36.9. The summed E-state index contributed by atoms with van der Waals surface area (Å²) in [5, 5.41) is 2.59. The minimum Gasteiger partial charge on any atom is -0.494 e. The molecule has 1 aliphatic rings. The molecule has 0 fully saturated rings. The normalized spacial score (nSPS) is 14.9. The number of unbranched alkanes of at least 4 members (excludes halogenated alkanes) is 6. The van der Waals surface area contributed by atoms with Crippen LogP contribution in [-0.2, 0) is 38.0 Å². The molecule has 22 nitrogen and oxygen atoms in total. The summed E-state index contributed by atoms with van der Waals surface area (Å²) in [6.07, 6.45) is -0.0995. The smallest absolute Gasteiger partial charge is 0.437 e. The molecular formula is C60H99N7O15. The summed E-state index contributed by atoms with van der Waals surface area (Å²) < 4.78 is 45.5. The van der Waals surface area contributed by atoms with Crippen LogP contribution in [0.25, 0.3) is 0 Å². The summed E-state index contributed by atoms with van der Waals surface area (Å²) >= 11 is 0.